The van der Waals surface area contributed by atoms with Gasteiger partial charge in [-0.3, -0.25) is 0 Å². The molecule has 0 amide bonds. The SMILES string of the molecule is COc1ccc(CNC(C)CCCO)cc1F. The molecule has 96 valence electrons. The molecule has 1 rings (SSSR count). The van der Waals surface area contributed by atoms with Gasteiger partial charge in [-0.15, -0.1) is 0 Å². The topological polar surface area (TPSA) is 41.5 Å². The van der Waals surface area contributed by atoms with Crippen LogP contribution in [0.2, 0.25) is 0 Å². The molecule has 0 heterocycles. The van der Waals surface area contributed by atoms with E-state index in [0.29, 0.717) is 12.6 Å². The summed E-state index contributed by atoms with van der Waals surface area (Å²) >= 11 is 0. The number of aliphatic hydroxyl groups is 1. The van der Waals surface area contributed by atoms with Crippen LogP contribution in [0.25, 0.3) is 0 Å². The number of halogens is 1. The summed E-state index contributed by atoms with van der Waals surface area (Å²) < 4.78 is 18.2. The minimum absolute atomic E-state index is 0.211. The standard InChI is InChI=1S/C13H20FNO2/c1-10(4-3-7-16)15-9-11-5-6-13(17-2)12(14)8-11/h5-6,8,10,15-16H,3-4,7,9H2,1-2H3. The maximum atomic E-state index is 13.4. The smallest absolute Gasteiger partial charge is 0.165 e. The molecule has 0 bridgehead atoms. The molecule has 1 unspecified atom stereocenters. The van der Waals surface area contributed by atoms with E-state index in [2.05, 4.69) is 12.2 Å². The first-order valence-electron chi connectivity index (χ1n) is 5.84. The summed E-state index contributed by atoms with van der Waals surface area (Å²) in [6.45, 7) is 2.88. The molecule has 0 aliphatic rings. The number of methoxy groups -OCH3 is 1. The van der Waals surface area contributed by atoms with Crippen molar-refractivity contribution in [1.29, 1.82) is 0 Å². The van der Waals surface area contributed by atoms with Gasteiger partial charge in [0.05, 0.1) is 7.11 Å². The van der Waals surface area contributed by atoms with Gasteiger partial charge in [-0.05, 0) is 37.5 Å². The fourth-order valence-electron chi connectivity index (χ4n) is 1.61. The summed E-state index contributed by atoms with van der Waals surface area (Å²) in [6, 6.07) is 5.26. The van der Waals surface area contributed by atoms with Crippen molar-refractivity contribution >= 4 is 0 Å². The van der Waals surface area contributed by atoms with E-state index in [4.69, 9.17) is 9.84 Å². The number of hydrogen-bond donors (Lipinski definition) is 2. The van der Waals surface area contributed by atoms with E-state index >= 15 is 0 Å². The van der Waals surface area contributed by atoms with Gasteiger partial charge in [-0.25, -0.2) is 4.39 Å². The highest BCUT2D eigenvalue weighted by atomic mass is 19.1. The molecule has 0 aromatic heterocycles. The Morgan fingerprint density at radius 1 is 1.47 bits per heavy atom. The van der Waals surface area contributed by atoms with Gasteiger partial charge >= 0.3 is 0 Å². The molecule has 3 nitrogen and oxygen atoms in total. The first-order chi connectivity index (χ1) is 8.17. The second-order valence-corrected chi connectivity index (χ2v) is 4.12. The molecular weight excluding hydrogens is 221 g/mol. The third kappa shape index (κ3) is 4.71. The Morgan fingerprint density at radius 2 is 2.24 bits per heavy atom. The summed E-state index contributed by atoms with van der Waals surface area (Å²) in [5, 5.41) is 12.0. The zero-order chi connectivity index (χ0) is 12.7. The molecule has 0 saturated carbocycles. The largest absolute Gasteiger partial charge is 0.494 e. The van der Waals surface area contributed by atoms with Gasteiger partial charge in [0.2, 0.25) is 0 Å². The first-order valence-corrected chi connectivity index (χ1v) is 5.84. The number of nitrogens with one attached hydrogen (secondary N) is 1. The van der Waals surface area contributed by atoms with Gasteiger partial charge in [0, 0.05) is 19.2 Å². The number of aliphatic hydroxyl groups excluding tert-OH is 1. The highest BCUT2D eigenvalue weighted by Gasteiger charge is 2.05. The van der Waals surface area contributed by atoms with E-state index < -0.39 is 0 Å². The molecule has 0 fully saturated rings. The average molecular weight is 241 g/mol. The lowest BCUT2D eigenvalue weighted by Gasteiger charge is -2.13. The minimum Gasteiger partial charge on any atom is -0.494 e. The molecule has 17 heavy (non-hydrogen) atoms. The van der Waals surface area contributed by atoms with Crippen LogP contribution in [0.3, 0.4) is 0 Å². The van der Waals surface area contributed by atoms with E-state index in [1.807, 2.05) is 6.07 Å². The first kappa shape index (κ1) is 13.9. The van der Waals surface area contributed by atoms with Crippen LogP contribution in [0.5, 0.6) is 5.75 Å². The van der Waals surface area contributed by atoms with Crippen molar-refractivity contribution in [2.24, 2.45) is 0 Å². The number of benzene rings is 1. The Labute approximate surface area is 102 Å². The summed E-state index contributed by atoms with van der Waals surface area (Å²) in [5.74, 6) is -0.0723. The van der Waals surface area contributed by atoms with E-state index in [-0.39, 0.29) is 18.2 Å². The Bertz CT molecular complexity index is 344. The quantitative estimate of drug-likeness (QED) is 0.768. The zero-order valence-corrected chi connectivity index (χ0v) is 10.4. The maximum absolute atomic E-state index is 13.4. The van der Waals surface area contributed by atoms with Crippen LogP contribution in [-0.2, 0) is 6.54 Å². The van der Waals surface area contributed by atoms with Gasteiger partial charge < -0.3 is 15.2 Å². The van der Waals surface area contributed by atoms with Crippen molar-refractivity contribution in [2.45, 2.75) is 32.4 Å². The summed E-state index contributed by atoms with van der Waals surface area (Å²) in [4.78, 5) is 0. The molecule has 4 heteroatoms. The van der Waals surface area contributed by atoms with Crippen LogP contribution in [0.15, 0.2) is 18.2 Å². The van der Waals surface area contributed by atoms with Crippen LogP contribution in [-0.4, -0.2) is 24.9 Å². The molecule has 0 aliphatic carbocycles. The van der Waals surface area contributed by atoms with Crippen LogP contribution < -0.4 is 10.1 Å². The second kappa shape index (κ2) is 7.25. The van der Waals surface area contributed by atoms with Crippen LogP contribution in [0, 0.1) is 5.82 Å². The normalized spacial score (nSPS) is 12.5. The summed E-state index contributed by atoms with van der Waals surface area (Å²) in [5.41, 5.74) is 0.888. The molecule has 0 saturated heterocycles. The predicted octanol–water partition coefficient (Wildman–Crippen LogP) is 2.08. The Balaban J connectivity index is 2.44. The van der Waals surface area contributed by atoms with Crippen molar-refractivity contribution in [3.05, 3.63) is 29.6 Å². The molecule has 0 radical (unpaired) electrons. The lowest BCUT2D eigenvalue weighted by molar-refractivity contribution is 0.276. The van der Waals surface area contributed by atoms with Crippen LogP contribution in [0.1, 0.15) is 25.3 Å². The van der Waals surface area contributed by atoms with Gasteiger partial charge in [0.15, 0.2) is 11.6 Å². The summed E-state index contributed by atoms with van der Waals surface area (Å²) in [7, 11) is 1.45. The van der Waals surface area contributed by atoms with E-state index in [9.17, 15) is 4.39 Å². The molecule has 1 aromatic carbocycles. The molecule has 1 aromatic rings. The van der Waals surface area contributed by atoms with E-state index in [1.165, 1.54) is 13.2 Å². The number of ether oxygens (including phenoxy) is 1. The third-order valence-corrected chi connectivity index (χ3v) is 2.67. The van der Waals surface area contributed by atoms with Crippen LogP contribution in [0.4, 0.5) is 4.39 Å². The maximum Gasteiger partial charge on any atom is 0.165 e. The third-order valence-electron chi connectivity index (χ3n) is 2.67. The zero-order valence-electron chi connectivity index (χ0n) is 10.4. The number of rotatable bonds is 7. The highest BCUT2D eigenvalue weighted by Crippen LogP contribution is 2.17. The van der Waals surface area contributed by atoms with Crippen molar-refractivity contribution in [3.8, 4) is 5.75 Å². The average Bonchev–Trinajstić information content (AvgIpc) is 2.34. The van der Waals surface area contributed by atoms with Crippen molar-refractivity contribution in [3.63, 3.8) is 0 Å². The van der Waals surface area contributed by atoms with Crippen molar-refractivity contribution in [1.82, 2.24) is 5.32 Å². The van der Waals surface area contributed by atoms with Gasteiger partial charge in [0.25, 0.3) is 0 Å². The molecule has 0 aliphatic heterocycles. The minimum atomic E-state index is -0.338. The van der Waals surface area contributed by atoms with Crippen molar-refractivity contribution < 1.29 is 14.2 Å². The van der Waals surface area contributed by atoms with Gasteiger partial charge in [0.1, 0.15) is 0 Å². The van der Waals surface area contributed by atoms with E-state index in [0.717, 1.165) is 18.4 Å². The Kier molecular flexibility index (Phi) is 5.94. The summed E-state index contributed by atoms with van der Waals surface area (Å²) in [6.07, 6.45) is 1.69. The predicted molar refractivity (Wildman–Crippen MR) is 65.6 cm³/mol. The lowest BCUT2D eigenvalue weighted by atomic mass is 10.1. The molecule has 1 atom stereocenters. The van der Waals surface area contributed by atoms with Crippen LogP contribution >= 0.6 is 0 Å². The molecule has 2 N–H and O–H groups in total. The fourth-order valence-corrected chi connectivity index (χ4v) is 1.61. The highest BCUT2D eigenvalue weighted by molar-refractivity contribution is 5.29. The molecular formula is C13H20FNO2. The monoisotopic (exact) mass is 241 g/mol. The second-order valence-electron chi connectivity index (χ2n) is 4.12. The van der Waals surface area contributed by atoms with E-state index in [1.54, 1.807) is 6.07 Å². The van der Waals surface area contributed by atoms with Gasteiger partial charge in [-0.2, -0.15) is 0 Å². The fraction of sp³-hybridized carbons (Fsp3) is 0.538. The lowest BCUT2D eigenvalue weighted by Crippen LogP contribution is -2.25. The Morgan fingerprint density at radius 3 is 2.82 bits per heavy atom. The Hall–Kier alpha value is -1.13. The van der Waals surface area contributed by atoms with Gasteiger partial charge in [-0.1, -0.05) is 6.07 Å². The number of hydrogen-bond acceptors (Lipinski definition) is 3. The molecule has 0 spiro atoms. The van der Waals surface area contributed by atoms with Crippen molar-refractivity contribution in [2.75, 3.05) is 13.7 Å².